The summed E-state index contributed by atoms with van der Waals surface area (Å²) in [4.78, 5) is 11.8. The van der Waals surface area contributed by atoms with Crippen LogP contribution in [0.5, 0.6) is 5.75 Å². The van der Waals surface area contributed by atoms with Gasteiger partial charge in [-0.2, -0.15) is 0 Å². The molecule has 0 aliphatic rings. The number of carbonyl (C=O) groups is 1. The zero-order valence-electron chi connectivity index (χ0n) is 13.3. The topological polar surface area (TPSA) is 35.5 Å². The third-order valence-electron chi connectivity index (χ3n) is 2.94. The Morgan fingerprint density at radius 3 is 2.14 bits per heavy atom. The van der Waals surface area contributed by atoms with Crippen molar-refractivity contribution in [3.05, 3.63) is 65.7 Å². The third-order valence-corrected chi connectivity index (χ3v) is 2.94. The molecule has 0 unspecified atom stereocenters. The summed E-state index contributed by atoms with van der Waals surface area (Å²) in [7, 11) is 0. The van der Waals surface area contributed by atoms with E-state index in [1.54, 1.807) is 0 Å². The maximum absolute atomic E-state index is 11.8. The first-order valence-electron chi connectivity index (χ1n) is 7.40. The van der Waals surface area contributed by atoms with E-state index in [1.165, 1.54) is 0 Å². The molecule has 2 aromatic rings. The molecule has 0 aromatic heterocycles. The molecule has 0 saturated carbocycles. The normalized spacial score (nSPS) is 11.0. The van der Waals surface area contributed by atoms with Crippen LogP contribution in [0.25, 0.3) is 0 Å². The van der Waals surface area contributed by atoms with Crippen LogP contribution >= 0.6 is 0 Å². The average Bonchev–Trinajstić information content (AvgIpc) is 2.45. The van der Waals surface area contributed by atoms with E-state index in [0.717, 1.165) is 16.9 Å². The van der Waals surface area contributed by atoms with Crippen molar-refractivity contribution in [1.82, 2.24) is 0 Å². The van der Waals surface area contributed by atoms with Gasteiger partial charge in [0.05, 0.1) is 6.42 Å². The molecule has 0 aliphatic heterocycles. The smallest absolute Gasteiger partial charge is 0.310 e. The van der Waals surface area contributed by atoms with Crippen LogP contribution in [0, 0.1) is 0 Å². The van der Waals surface area contributed by atoms with Crippen molar-refractivity contribution in [3.63, 3.8) is 0 Å². The highest BCUT2D eigenvalue weighted by Crippen LogP contribution is 2.16. The van der Waals surface area contributed by atoms with Gasteiger partial charge in [-0.3, -0.25) is 4.79 Å². The Kier molecular flexibility index (Phi) is 5.21. The summed E-state index contributed by atoms with van der Waals surface area (Å²) in [6, 6.07) is 17.5. The number of ether oxygens (including phenoxy) is 2. The summed E-state index contributed by atoms with van der Waals surface area (Å²) >= 11 is 0. The maximum Gasteiger partial charge on any atom is 0.310 e. The summed E-state index contributed by atoms with van der Waals surface area (Å²) in [6.07, 6.45) is 0.274. The summed E-state index contributed by atoms with van der Waals surface area (Å²) in [5.74, 6) is 0.572. The van der Waals surface area contributed by atoms with Crippen molar-refractivity contribution < 1.29 is 14.3 Å². The largest absolute Gasteiger partial charge is 0.489 e. The number of hydrogen-bond acceptors (Lipinski definition) is 3. The minimum absolute atomic E-state index is 0.217. The van der Waals surface area contributed by atoms with Crippen LogP contribution in [-0.4, -0.2) is 11.6 Å². The van der Waals surface area contributed by atoms with Crippen LogP contribution in [0.3, 0.4) is 0 Å². The second-order valence-electron chi connectivity index (χ2n) is 6.18. The van der Waals surface area contributed by atoms with Gasteiger partial charge in [-0.05, 0) is 44.0 Å². The van der Waals surface area contributed by atoms with Gasteiger partial charge >= 0.3 is 5.97 Å². The lowest BCUT2D eigenvalue weighted by atomic mass is 10.1. The standard InChI is InChI=1S/C19H22O3/c1-19(2,3)22-18(20)13-15-9-11-17(12-10-15)21-14-16-7-5-4-6-8-16/h4-12H,13-14H2,1-3H3. The summed E-state index contributed by atoms with van der Waals surface area (Å²) in [6.45, 7) is 6.13. The lowest BCUT2D eigenvalue weighted by molar-refractivity contribution is -0.153. The van der Waals surface area contributed by atoms with E-state index < -0.39 is 5.60 Å². The molecule has 0 heterocycles. The fraction of sp³-hybridized carbons (Fsp3) is 0.316. The average molecular weight is 298 g/mol. The van der Waals surface area contributed by atoms with E-state index in [-0.39, 0.29) is 12.4 Å². The Bertz CT molecular complexity index is 595. The van der Waals surface area contributed by atoms with Gasteiger partial charge in [-0.1, -0.05) is 42.5 Å². The molecular formula is C19H22O3. The molecule has 0 fully saturated rings. The molecule has 116 valence electrons. The maximum atomic E-state index is 11.8. The SMILES string of the molecule is CC(C)(C)OC(=O)Cc1ccc(OCc2ccccc2)cc1. The summed E-state index contributed by atoms with van der Waals surface area (Å²) < 4.78 is 11.0. The lowest BCUT2D eigenvalue weighted by Crippen LogP contribution is -2.24. The Hall–Kier alpha value is -2.29. The summed E-state index contributed by atoms with van der Waals surface area (Å²) in [5, 5.41) is 0. The van der Waals surface area contributed by atoms with E-state index >= 15 is 0 Å². The van der Waals surface area contributed by atoms with Crippen LogP contribution in [0.2, 0.25) is 0 Å². The molecule has 0 aliphatic carbocycles. The molecule has 0 amide bonds. The van der Waals surface area contributed by atoms with Gasteiger partial charge in [0, 0.05) is 0 Å². The van der Waals surface area contributed by atoms with Crippen LogP contribution in [0.4, 0.5) is 0 Å². The van der Waals surface area contributed by atoms with E-state index in [9.17, 15) is 4.79 Å². The Morgan fingerprint density at radius 2 is 1.55 bits per heavy atom. The van der Waals surface area contributed by atoms with Gasteiger partial charge in [0.25, 0.3) is 0 Å². The third kappa shape index (κ3) is 5.60. The molecule has 0 bridgehead atoms. The van der Waals surface area contributed by atoms with Crippen molar-refractivity contribution >= 4 is 5.97 Å². The Labute approximate surface area is 131 Å². The summed E-state index contributed by atoms with van der Waals surface area (Å²) in [5.41, 5.74) is 1.59. The van der Waals surface area contributed by atoms with Gasteiger partial charge < -0.3 is 9.47 Å². The number of rotatable bonds is 5. The predicted octanol–water partition coefficient (Wildman–Crippen LogP) is 4.15. The molecule has 0 radical (unpaired) electrons. The number of esters is 1. The molecule has 0 spiro atoms. The van der Waals surface area contributed by atoms with Crippen LogP contribution in [-0.2, 0) is 22.6 Å². The monoisotopic (exact) mass is 298 g/mol. The number of benzene rings is 2. The van der Waals surface area contributed by atoms with Crippen LogP contribution in [0.1, 0.15) is 31.9 Å². The highest BCUT2D eigenvalue weighted by molar-refractivity contribution is 5.73. The fourth-order valence-corrected chi connectivity index (χ4v) is 1.99. The molecule has 3 nitrogen and oxygen atoms in total. The van der Waals surface area contributed by atoms with Crippen LogP contribution < -0.4 is 4.74 Å². The molecule has 0 saturated heterocycles. The predicted molar refractivity (Wildman–Crippen MR) is 86.8 cm³/mol. The number of hydrogen-bond donors (Lipinski definition) is 0. The fourth-order valence-electron chi connectivity index (χ4n) is 1.99. The minimum Gasteiger partial charge on any atom is -0.489 e. The van der Waals surface area contributed by atoms with Gasteiger partial charge in [0.2, 0.25) is 0 Å². The second kappa shape index (κ2) is 7.12. The zero-order chi connectivity index (χ0) is 16.0. The lowest BCUT2D eigenvalue weighted by Gasteiger charge is -2.19. The first-order valence-corrected chi connectivity index (χ1v) is 7.40. The first-order chi connectivity index (χ1) is 10.4. The zero-order valence-corrected chi connectivity index (χ0v) is 13.3. The Balaban J connectivity index is 1.86. The Morgan fingerprint density at radius 1 is 0.909 bits per heavy atom. The van der Waals surface area contributed by atoms with Gasteiger partial charge in [-0.25, -0.2) is 0 Å². The molecule has 3 heteroatoms. The van der Waals surface area contributed by atoms with Gasteiger partial charge in [0.1, 0.15) is 18.0 Å². The van der Waals surface area contributed by atoms with Crippen molar-refractivity contribution in [1.29, 1.82) is 0 Å². The van der Waals surface area contributed by atoms with E-state index in [2.05, 4.69) is 0 Å². The second-order valence-corrected chi connectivity index (χ2v) is 6.18. The van der Waals surface area contributed by atoms with Crippen molar-refractivity contribution in [2.45, 2.75) is 39.4 Å². The molecule has 22 heavy (non-hydrogen) atoms. The quantitative estimate of drug-likeness (QED) is 0.778. The van der Waals surface area contributed by atoms with E-state index in [4.69, 9.17) is 9.47 Å². The van der Waals surface area contributed by atoms with Gasteiger partial charge in [-0.15, -0.1) is 0 Å². The van der Waals surface area contributed by atoms with Crippen molar-refractivity contribution in [2.24, 2.45) is 0 Å². The van der Waals surface area contributed by atoms with E-state index in [0.29, 0.717) is 6.61 Å². The van der Waals surface area contributed by atoms with Crippen molar-refractivity contribution in [3.8, 4) is 5.75 Å². The van der Waals surface area contributed by atoms with Crippen LogP contribution in [0.15, 0.2) is 54.6 Å². The highest BCUT2D eigenvalue weighted by Gasteiger charge is 2.16. The highest BCUT2D eigenvalue weighted by atomic mass is 16.6. The van der Waals surface area contributed by atoms with Gasteiger partial charge in [0.15, 0.2) is 0 Å². The molecular weight excluding hydrogens is 276 g/mol. The first kappa shape index (κ1) is 16.1. The van der Waals surface area contributed by atoms with Crippen molar-refractivity contribution in [2.75, 3.05) is 0 Å². The molecule has 2 rings (SSSR count). The number of carbonyl (C=O) groups excluding carboxylic acids is 1. The molecule has 2 aromatic carbocycles. The molecule has 0 N–H and O–H groups in total. The molecule has 0 atom stereocenters. The minimum atomic E-state index is -0.449. The van der Waals surface area contributed by atoms with E-state index in [1.807, 2.05) is 75.4 Å².